The highest BCUT2D eigenvalue weighted by molar-refractivity contribution is 5.70. The number of nitrogens with one attached hydrogen (secondary N) is 1. The number of rotatable bonds is 2. The molecule has 0 radical (unpaired) electrons. The van der Waals surface area contributed by atoms with Gasteiger partial charge in [-0.2, -0.15) is 0 Å². The first-order chi connectivity index (χ1) is 7.66. The molecule has 0 atom stereocenters. The first-order valence-corrected chi connectivity index (χ1v) is 4.74. The number of benzene rings is 2. The van der Waals surface area contributed by atoms with Crippen LogP contribution in [-0.2, 0) is 0 Å². The second-order valence-corrected chi connectivity index (χ2v) is 3.34. The Morgan fingerprint density at radius 3 is 2.12 bits per heavy atom. The number of hydrogen-bond acceptors (Lipinski definition) is 4. The highest BCUT2D eigenvalue weighted by Gasteiger charge is 2.04. The summed E-state index contributed by atoms with van der Waals surface area (Å²) in [6.07, 6.45) is 0. The number of para-hydroxylation sites is 2. The van der Waals surface area contributed by atoms with Crippen LogP contribution in [-0.4, -0.2) is 15.3 Å². The molecule has 0 fully saturated rings. The van der Waals surface area contributed by atoms with Crippen molar-refractivity contribution in [2.24, 2.45) is 0 Å². The summed E-state index contributed by atoms with van der Waals surface area (Å²) in [5, 5.41) is 31.0. The Bertz CT molecular complexity index is 511. The molecule has 4 heteroatoms. The van der Waals surface area contributed by atoms with E-state index in [0.29, 0.717) is 11.4 Å². The summed E-state index contributed by atoms with van der Waals surface area (Å²) in [7, 11) is 0. The van der Waals surface area contributed by atoms with Crippen LogP contribution in [0.4, 0.5) is 11.4 Å². The molecule has 0 saturated carbocycles. The smallest absolute Gasteiger partial charge is 0.142 e. The maximum absolute atomic E-state index is 9.54. The summed E-state index contributed by atoms with van der Waals surface area (Å²) >= 11 is 0. The van der Waals surface area contributed by atoms with E-state index >= 15 is 0 Å². The van der Waals surface area contributed by atoms with Gasteiger partial charge in [-0.25, -0.2) is 0 Å². The molecule has 0 aliphatic carbocycles. The summed E-state index contributed by atoms with van der Waals surface area (Å²) in [6, 6.07) is 10.9. The molecule has 0 heterocycles. The average molecular weight is 217 g/mol. The summed E-state index contributed by atoms with van der Waals surface area (Å²) in [6.45, 7) is 0. The predicted octanol–water partition coefficient (Wildman–Crippen LogP) is 2.55. The largest absolute Gasteiger partial charge is 0.508 e. The Balaban J connectivity index is 2.31. The fraction of sp³-hybridized carbons (Fsp3) is 0. The molecule has 0 spiro atoms. The summed E-state index contributed by atoms with van der Waals surface area (Å²) in [4.78, 5) is 0. The molecule has 0 unspecified atom stereocenters. The lowest BCUT2D eigenvalue weighted by molar-refractivity contribution is 0.452. The Morgan fingerprint density at radius 1 is 0.750 bits per heavy atom. The van der Waals surface area contributed by atoms with Crippen molar-refractivity contribution in [3.8, 4) is 17.2 Å². The molecule has 0 bridgehead atoms. The van der Waals surface area contributed by atoms with Gasteiger partial charge in [0.05, 0.1) is 11.4 Å². The van der Waals surface area contributed by atoms with Gasteiger partial charge >= 0.3 is 0 Å². The molecule has 2 aromatic carbocycles. The van der Waals surface area contributed by atoms with Gasteiger partial charge in [0, 0.05) is 6.07 Å². The molecule has 0 saturated heterocycles. The average Bonchev–Trinajstić information content (AvgIpc) is 2.25. The molecule has 4 nitrogen and oxygen atoms in total. The van der Waals surface area contributed by atoms with Crippen molar-refractivity contribution in [2.45, 2.75) is 0 Å². The molecular weight excluding hydrogens is 206 g/mol. The van der Waals surface area contributed by atoms with Crippen LogP contribution in [0.3, 0.4) is 0 Å². The number of phenols is 3. The zero-order valence-electron chi connectivity index (χ0n) is 8.38. The quantitative estimate of drug-likeness (QED) is 0.460. The van der Waals surface area contributed by atoms with Crippen molar-refractivity contribution in [1.29, 1.82) is 0 Å². The summed E-state index contributed by atoms with van der Waals surface area (Å²) < 4.78 is 0. The van der Waals surface area contributed by atoms with Crippen molar-refractivity contribution in [3.63, 3.8) is 0 Å². The first kappa shape index (κ1) is 10.2. The molecule has 82 valence electrons. The van der Waals surface area contributed by atoms with Crippen molar-refractivity contribution < 1.29 is 15.3 Å². The fourth-order valence-electron chi connectivity index (χ4n) is 1.35. The van der Waals surface area contributed by atoms with Gasteiger partial charge in [-0.3, -0.25) is 0 Å². The SMILES string of the molecule is Oc1ccc(Nc2ccccc2O)c(O)c1. The van der Waals surface area contributed by atoms with Crippen molar-refractivity contribution >= 4 is 11.4 Å². The van der Waals surface area contributed by atoms with Gasteiger partial charge in [0.25, 0.3) is 0 Å². The van der Waals surface area contributed by atoms with E-state index in [4.69, 9.17) is 5.11 Å². The lowest BCUT2D eigenvalue weighted by Crippen LogP contribution is -1.90. The van der Waals surface area contributed by atoms with Gasteiger partial charge in [0.15, 0.2) is 0 Å². The highest BCUT2D eigenvalue weighted by atomic mass is 16.3. The van der Waals surface area contributed by atoms with Crippen LogP contribution in [0.5, 0.6) is 17.2 Å². The highest BCUT2D eigenvalue weighted by Crippen LogP contribution is 2.32. The molecule has 0 amide bonds. The Kier molecular flexibility index (Phi) is 2.55. The van der Waals surface area contributed by atoms with E-state index in [9.17, 15) is 10.2 Å². The van der Waals surface area contributed by atoms with Crippen LogP contribution in [0.25, 0.3) is 0 Å². The van der Waals surface area contributed by atoms with Gasteiger partial charge in [-0.15, -0.1) is 0 Å². The monoisotopic (exact) mass is 217 g/mol. The van der Waals surface area contributed by atoms with Crippen LogP contribution in [0.2, 0.25) is 0 Å². The minimum atomic E-state index is -0.0803. The zero-order valence-corrected chi connectivity index (χ0v) is 8.38. The van der Waals surface area contributed by atoms with Crippen LogP contribution in [0.15, 0.2) is 42.5 Å². The lowest BCUT2D eigenvalue weighted by Gasteiger charge is -2.09. The van der Waals surface area contributed by atoms with E-state index in [1.165, 1.54) is 18.2 Å². The molecule has 0 aliphatic rings. The summed E-state index contributed by atoms with van der Waals surface area (Å²) in [5.41, 5.74) is 0.905. The fourth-order valence-corrected chi connectivity index (χ4v) is 1.35. The maximum atomic E-state index is 9.54. The van der Waals surface area contributed by atoms with Gasteiger partial charge in [-0.1, -0.05) is 12.1 Å². The Labute approximate surface area is 92.4 Å². The van der Waals surface area contributed by atoms with Crippen LogP contribution < -0.4 is 5.32 Å². The van der Waals surface area contributed by atoms with Gasteiger partial charge in [-0.05, 0) is 24.3 Å². The van der Waals surface area contributed by atoms with Crippen molar-refractivity contribution in [3.05, 3.63) is 42.5 Å². The van der Waals surface area contributed by atoms with Crippen LogP contribution in [0.1, 0.15) is 0 Å². The topological polar surface area (TPSA) is 72.7 Å². The van der Waals surface area contributed by atoms with Gasteiger partial charge < -0.3 is 20.6 Å². The minimum Gasteiger partial charge on any atom is -0.508 e. The minimum absolute atomic E-state index is 0.0136. The Morgan fingerprint density at radius 2 is 1.44 bits per heavy atom. The van der Waals surface area contributed by atoms with E-state index in [-0.39, 0.29) is 17.2 Å². The number of anilines is 2. The van der Waals surface area contributed by atoms with Crippen LogP contribution in [0, 0.1) is 0 Å². The number of aromatic hydroxyl groups is 3. The van der Waals surface area contributed by atoms with E-state index in [1.807, 2.05) is 0 Å². The second-order valence-electron chi connectivity index (χ2n) is 3.34. The predicted molar refractivity (Wildman–Crippen MR) is 61.2 cm³/mol. The molecule has 0 aliphatic heterocycles. The van der Waals surface area contributed by atoms with Crippen molar-refractivity contribution in [1.82, 2.24) is 0 Å². The van der Waals surface area contributed by atoms with Crippen LogP contribution >= 0.6 is 0 Å². The first-order valence-electron chi connectivity index (χ1n) is 4.74. The third kappa shape index (κ3) is 2.00. The molecular formula is C12H11NO3. The van der Waals surface area contributed by atoms with Gasteiger partial charge in [0.2, 0.25) is 0 Å². The van der Waals surface area contributed by atoms with Crippen molar-refractivity contribution in [2.75, 3.05) is 5.32 Å². The lowest BCUT2D eigenvalue weighted by atomic mass is 10.2. The summed E-state index contributed by atoms with van der Waals surface area (Å²) in [5.74, 6) is -0.00133. The van der Waals surface area contributed by atoms with Gasteiger partial charge in [0.1, 0.15) is 17.2 Å². The molecule has 4 N–H and O–H groups in total. The third-order valence-corrected chi connectivity index (χ3v) is 2.15. The molecule has 16 heavy (non-hydrogen) atoms. The third-order valence-electron chi connectivity index (χ3n) is 2.15. The van der Waals surface area contributed by atoms with E-state index < -0.39 is 0 Å². The van der Waals surface area contributed by atoms with E-state index in [0.717, 1.165) is 0 Å². The van der Waals surface area contributed by atoms with E-state index in [2.05, 4.69) is 5.32 Å². The molecule has 2 rings (SSSR count). The zero-order chi connectivity index (χ0) is 11.5. The maximum Gasteiger partial charge on any atom is 0.142 e. The molecule has 2 aromatic rings. The standard InChI is InChI=1S/C12H11NO3/c14-8-5-6-10(12(16)7-8)13-9-3-1-2-4-11(9)15/h1-7,13-16H. The van der Waals surface area contributed by atoms with E-state index in [1.54, 1.807) is 24.3 Å². The Hall–Kier alpha value is -2.36. The molecule has 0 aromatic heterocycles. The number of phenolic OH excluding ortho intramolecular Hbond substituents is 3. The number of hydrogen-bond donors (Lipinski definition) is 4. The normalized spacial score (nSPS) is 10.0. The second kappa shape index (κ2) is 4.02.